The molecule has 9 nitrogen and oxygen atoms in total. The van der Waals surface area contributed by atoms with Crippen LogP contribution in [-0.4, -0.2) is 60.5 Å². The van der Waals surface area contributed by atoms with Crippen molar-refractivity contribution in [2.75, 3.05) is 13.1 Å². The summed E-state index contributed by atoms with van der Waals surface area (Å²) in [6, 6.07) is 7.61. The first-order chi connectivity index (χ1) is 18.9. The van der Waals surface area contributed by atoms with E-state index in [1.165, 1.54) is 12.0 Å². The average Bonchev–Trinajstić information content (AvgIpc) is 3.61. The zero-order chi connectivity index (χ0) is 27.2. The van der Waals surface area contributed by atoms with Gasteiger partial charge in [-0.25, -0.2) is 13.1 Å². The van der Waals surface area contributed by atoms with Gasteiger partial charge in [0, 0.05) is 19.3 Å². The van der Waals surface area contributed by atoms with Crippen LogP contribution in [0.3, 0.4) is 0 Å². The molecule has 2 fully saturated rings. The topological polar surface area (TPSA) is 124 Å². The highest BCUT2D eigenvalue weighted by Crippen LogP contribution is 2.29. The van der Waals surface area contributed by atoms with E-state index >= 15 is 0 Å². The first-order valence-corrected chi connectivity index (χ1v) is 16.2. The molecule has 0 bridgehead atoms. The molecule has 3 N–H and O–H groups in total. The molecule has 2 amide bonds. The number of hydrogen-bond donors (Lipinski definition) is 3. The third-order valence-corrected chi connectivity index (χ3v) is 9.98. The van der Waals surface area contributed by atoms with E-state index in [9.17, 15) is 18.0 Å². The lowest BCUT2D eigenvalue weighted by Gasteiger charge is -2.32. The summed E-state index contributed by atoms with van der Waals surface area (Å²) in [5, 5.41) is 10.3. The van der Waals surface area contributed by atoms with Crippen LogP contribution in [0.2, 0.25) is 0 Å². The molecule has 2 heterocycles. The molecular weight excluding hydrogens is 514 g/mol. The summed E-state index contributed by atoms with van der Waals surface area (Å²) in [5.74, 6) is 0.0685. The van der Waals surface area contributed by atoms with E-state index in [0.717, 1.165) is 57.1 Å². The molecule has 1 saturated carbocycles. The van der Waals surface area contributed by atoms with Crippen molar-refractivity contribution in [2.24, 2.45) is 11.8 Å². The second-order valence-corrected chi connectivity index (χ2v) is 13.3. The van der Waals surface area contributed by atoms with Crippen molar-refractivity contribution in [3.63, 3.8) is 0 Å². The van der Waals surface area contributed by atoms with Gasteiger partial charge in [0.15, 0.2) is 0 Å². The lowest BCUT2D eigenvalue weighted by atomic mass is 9.84. The third-order valence-electron chi connectivity index (χ3n) is 8.62. The molecule has 5 rings (SSSR count). The number of nitrogens with zero attached hydrogens (tertiary/aromatic N) is 2. The number of benzene rings is 1. The van der Waals surface area contributed by atoms with Crippen LogP contribution >= 0.6 is 0 Å². The Morgan fingerprint density at radius 2 is 1.82 bits per heavy atom. The van der Waals surface area contributed by atoms with Crippen molar-refractivity contribution >= 4 is 21.8 Å². The lowest BCUT2D eigenvalue weighted by Crippen LogP contribution is -2.54. The number of rotatable bonds is 10. The lowest BCUT2D eigenvalue weighted by molar-refractivity contribution is -0.140. The number of carbonyl (C=O) groups excluding carboxylic acids is 2. The maximum Gasteiger partial charge on any atom is 0.242 e. The Morgan fingerprint density at radius 1 is 1.03 bits per heavy atom. The first kappa shape index (κ1) is 27.8. The highest BCUT2D eigenvalue weighted by atomic mass is 32.2. The molecule has 3 aliphatic rings. The fraction of sp³-hybridized carbons (Fsp3) is 0.621. The summed E-state index contributed by atoms with van der Waals surface area (Å²) in [5.41, 5.74) is 3.01. The molecular formula is C29H41N5O4S. The highest BCUT2D eigenvalue weighted by Gasteiger charge is 2.39. The average molecular weight is 556 g/mol. The van der Waals surface area contributed by atoms with Crippen LogP contribution < -0.4 is 10.0 Å². The zero-order valence-electron chi connectivity index (χ0n) is 22.6. The smallest absolute Gasteiger partial charge is 0.242 e. The normalized spacial score (nSPS) is 22.8. The summed E-state index contributed by atoms with van der Waals surface area (Å²) in [7, 11) is -3.75. The number of nitrogens with one attached hydrogen (secondary N) is 3. The summed E-state index contributed by atoms with van der Waals surface area (Å²) >= 11 is 0. The number of H-pyrrole nitrogens is 1. The van der Waals surface area contributed by atoms with E-state index in [1.54, 1.807) is 17.0 Å². The van der Waals surface area contributed by atoms with Crippen LogP contribution in [0.4, 0.5) is 0 Å². The number of amides is 2. The molecule has 1 aromatic carbocycles. The van der Waals surface area contributed by atoms with Crippen molar-refractivity contribution in [1.82, 2.24) is 25.1 Å². The van der Waals surface area contributed by atoms with Crippen LogP contribution in [-0.2, 0) is 38.2 Å². The van der Waals surface area contributed by atoms with E-state index in [1.807, 2.05) is 24.4 Å². The Hall–Kier alpha value is -2.72. The number of aromatic amines is 1. The van der Waals surface area contributed by atoms with Gasteiger partial charge in [0.1, 0.15) is 12.1 Å². The van der Waals surface area contributed by atoms with E-state index < -0.39 is 22.1 Å². The van der Waals surface area contributed by atoms with E-state index in [2.05, 4.69) is 20.2 Å². The molecule has 1 aliphatic heterocycles. The fourth-order valence-corrected chi connectivity index (χ4v) is 7.88. The Morgan fingerprint density at radius 3 is 2.62 bits per heavy atom. The molecule has 1 aromatic heterocycles. The Labute approximate surface area is 231 Å². The summed E-state index contributed by atoms with van der Waals surface area (Å²) < 4.78 is 29.1. The van der Waals surface area contributed by atoms with Crippen LogP contribution in [0.15, 0.2) is 36.5 Å². The molecule has 2 aliphatic carbocycles. The van der Waals surface area contributed by atoms with E-state index in [-0.39, 0.29) is 17.6 Å². The molecule has 3 atom stereocenters. The van der Waals surface area contributed by atoms with Crippen LogP contribution in [0, 0.1) is 11.8 Å². The van der Waals surface area contributed by atoms with Gasteiger partial charge in [-0.3, -0.25) is 14.7 Å². The Bertz CT molecular complexity index is 1230. The number of carbonyl (C=O) groups is 2. The van der Waals surface area contributed by atoms with E-state index in [4.69, 9.17) is 0 Å². The monoisotopic (exact) mass is 555 g/mol. The molecule has 212 valence electrons. The number of aryl methyl sites for hydroxylation is 1. The van der Waals surface area contributed by atoms with Gasteiger partial charge in [-0.05, 0) is 61.5 Å². The highest BCUT2D eigenvalue weighted by molar-refractivity contribution is 7.88. The molecule has 1 saturated heterocycles. The van der Waals surface area contributed by atoms with Gasteiger partial charge in [0.2, 0.25) is 21.8 Å². The summed E-state index contributed by atoms with van der Waals surface area (Å²) in [6.07, 6.45) is 11.9. The zero-order valence-corrected chi connectivity index (χ0v) is 23.4. The predicted octanol–water partition coefficient (Wildman–Crippen LogP) is 3.08. The second kappa shape index (κ2) is 12.6. The van der Waals surface area contributed by atoms with Gasteiger partial charge in [0.25, 0.3) is 0 Å². The molecule has 0 radical (unpaired) electrons. The maximum absolute atomic E-state index is 13.9. The van der Waals surface area contributed by atoms with Gasteiger partial charge in [-0.2, -0.15) is 5.10 Å². The van der Waals surface area contributed by atoms with Crippen LogP contribution in [0.25, 0.3) is 0 Å². The van der Waals surface area contributed by atoms with Crippen molar-refractivity contribution in [3.05, 3.63) is 53.3 Å². The van der Waals surface area contributed by atoms with Crippen molar-refractivity contribution in [1.29, 1.82) is 0 Å². The summed E-state index contributed by atoms with van der Waals surface area (Å²) in [6.45, 7) is 1.04. The molecule has 10 heteroatoms. The van der Waals surface area contributed by atoms with Gasteiger partial charge in [0.05, 0.1) is 11.4 Å². The van der Waals surface area contributed by atoms with Gasteiger partial charge >= 0.3 is 0 Å². The number of aromatic nitrogens is 2. The SMILES string of the molecule is O=C(NCC1CCc2n[nH]cc2C1)[C@@H]1CCCN1C(=O)[C@@H](CC1CCCCC1)NS(=O)(=O)Cc1ccccc1. The van der Waals surface area contributed by atoms with Gasteiger partial charge in [-0.15, -0.1) is 0 Å². The second-order valence-electron chi connectivity index (χ2n) is 11.6. The molecule has 1 unspecified atom stereocenters. The Balaban J connectivity index is 1.24. The quantitative estimate of drug-likeness (QED) is 0.416. The van der Waals surface area contributed by atoms with E-state index in [0.29, 0.717) is 43.3 Å². The molecule has 0 spiro atoms. The molecule has 2 aromatic rings. The number of fused-ring (bicyclic) bond motifs is 1. The standard InChI is InChI=1S/C29H41N5O4S/c35-28(30-18-23-13-14-25-24(16-23)19-31-32-25)27-12-7-15-34(27)29(36)26(17-21-8-3-1-4-9-21)33-39(37,38)20-22-10-5-2-6-11-22/h2,5-6,10-11,19,21,23,26-27,33H,1,3-4,7-9,12-18,20H2,(H,30,35)(H,31,32)/t23?,26-,27+/m1/s1. The maximum atomic E-state index is 13.9. The van der Waals surface area contributed by atoms with Gasteiger partial charge < -0.3 is 10.2 Å². The van der Waals surface area contributed by atoms with Crippen LogP contribution in [0.5, 0.6) is 0 Å². The first-order valence-electron chi connectivity index (χ1n) is 14.5. The van der Waals surface area contributed by atoms with Gasteiger partial charge in [-0.1, -0.05) is 62.4 Å². The minimum Gasteiger partial charge on any atom is -0.354 e. The summed E-state index contributed by atoms with van der Waals surface area (Å²) in [4.78, 5) is 28.8. The fourth-order valence-electron chi connectivity index (χ4n) is 6.54. The predicted molar refractivity (Wildman–Crippen MR) is 149 cm³/mol. The number of likely N-dealkylation sites (tertiary alicyclic amines) is 1. The van der Waals surface area contributed by atoms with Crippen molar-refractivity contribution in [2.45, 2.75) is 88.5 Å². The number of hydrogen-bond acceptors (Lipinski definition) is 5. The van der Waals surface area contributed by atoms with Crippen molar-refractivity contribution < 1.29 is 18.0 Å². The third kappa shape index (κ3) is 7.28. The minimum atomic E-state index is -3.75. The number of sulfonamides is 1. The van der Waals surface area contributed by atoms with Crippen molar-refractivity contribution in [3.8, 4) is 0 Å². The molecule has 39 heavy (non-hydrogen) atoms. The Kier molecular flexibility index (Phi) is 9.02. The minimum absolute atomic E-state index is 0.137. The largest absolute Gasteiger partial charge is 0.354 e. The van der Waals surface area contributed by atoms with Crippen LogP contribution in [0.1, 0.15) is 74.6 Å².